The monoisotopic (exact) mass is 444 g/mol. The zero-order valence-electron chi connectivity index (χ0n) is 20.1. The number of carbonyl (C=O) groups excluding carboxylic acids is 1. The molecule has 0 spiro atoms. The lowest BCUT2D eigenvalue weighted by molar-refractivity contribution is -0.188. The van der Waals surface area contributed by atoms with E-state index >= 15 is 0 Å². The normalized spacial score (nSPS) is 14.5. The van der Waals surface area contributed by atoms with Crippen molar-refractivity contribution in [2.45, 2.75) is 83.9 Å². The molecule has 0 aliphatic carbocycles. The van der Waals surface area contributed by atoms with Gasteiger partial charge in [-0.2, -0.15) is 0 Å². The molecule has 2 unspecified atom stereocenters. The van der Waals surface area contributed by atoms with Gasteiger partial charge in [0.1, 0.15) is 0 Å². The summed E-state index contributed by atoms with van der Waals surface area (Å²) in [6.45, 7) is 20.0. The number of carbonyl (C=O) groups is 1. The molecule has 0 fully saturated rings. The lowest BCUT2D eigenvalue weighted by atomic mass is 10.0. The van der Waals surface area contributed by atoms with Crippen LogP contribution in [-0.2, 0) is 25.1 Å². The zero-order chi connectivity index (χ0) is 23.5. The number of hydrogen-bond acceptors (Lipinski definition) is 4. The van der Waals surface area contributed by atoms with Crippen LogP contribution in [-0.4, -0.2) is 26.7 Å². The zero-order valence-corrected chi connectivity index (χ0v) is 21.1. The largest absolute Gasteiger partial charge is 0.546 e. The van der Waals surface area contributed by atoms with Crippen molar-refractivity contribution in [1.29, 1.82) is 0 Å². The molecule has 0 radical (unpaired) electrons. The molecule has 0 saturated carbocycles. The summed E-state index contributed by atoms with van der Waals surface area (Å²) < 4.78 is 18.2. The minimum absolute atomic E-state index is 0.0477. The molecular formula is C26H40O4Si. The van der Waals surface area contributed by atoms with Gasteiger partial charge in [0.05, 0.1) is 18.3 Å². The Morgan fingerprint density at radius 2 is 1.81 bits per heavy atom. The van der Waals surface area contributed by atoms with E-state index < -0.39 is 14.6 Å². The predicted octanol–water partition coefficient (Wildman–Crippen LogP) is 6.95. The van der Waals surface area contributed by atoms with Gasteiger partial charge in [0.25, 0.3) is 0 Å². The Bertz CT molecular complexity index is 732. The smallest absolute Gasteiger partial charge is 0.304 e. The lowest BCUT2D eigenvalue weighted by Gasteiger charge is -2.38. The van der Waals surface area contributed by atoms with Gasteiger partial charge in [-0.1, -0.05) is 69.8 Å². The molecule has 0 aromatic heterocycles. The van der Waals surface area contributed by atoms with Crippen molar-refractivity contribution in [3.8, 4) is 0 Å². The SMILES string of the molecule is C=C/C=C(/CC(OC(C)=O)OC(CC=C)CCc1ccccc1)O[Si](C)(C)C(C)(C)C. The highest BCUT2D eigenvalue weighted by Crippen LogP contribution is 2.38. The van der Waals surface area contributed by atoms with Crippen LogP contribution in [0.4, 0.5) is 0 Å². The summed E-state index contributed by atoms with van der Waals surface area (Å²) in [4.78, 5) is 11.8. The van der Waals surface area contributed by atoms with Crippen LogP contribution in [0.2, 0.25) is 18.1 Å². The van der Waals surface area contributed by atoms with Crippen LogP contribution in [0, 0.1) is 0 Å². The fourth-order valence-electron chi connectivity index (χ4n) is 2.84. The first-order valence-electron chi connectivity index (χ1n) is 11.0. The van der Waals surface area contributed by atoms with Crippen LogP contribution in [0.3, 0.4) is 0 Å². The molecule has 2 atom stereocenters. The highest BCUT2D eigenvalue weighted by atomic mass is 28.4. The first-order valence-corrected chi connectivity index (χ1v) is 13.9. The molecule has 1 rings (SSSR count). The van der Waals surface area contributed by atoms with Gasteiger partial charge in [0.15, 0.2) is 0 Å². The van der Waals surface area contributed by atoms with Crippen molar-refractivity contribution in [2.24, 2.45) is 0 Å². The Morgan fingerprint density at radius 3 is 2.32 bits per heavy atom. The number of benzene rings is 1. The molecule has 0 saturated heterocycles. The number of rotatable bonds is 13. The van der Waals surface area contributed by atoms with Crippen molar-refractivity contribution < 1.29 is 18.7 Å². The third-order valence-electron chi connectivity index (χ3n) is 5.53. The second-order valence-corrected chi connectivity index (χ2v) is 14.0. The molecule has 0 aliphatic heterocycles. The molecule has 0 heterocycles. The number of ether oxygens (including phenoxy) is 2. The van der Waals surface area contributed by atoms with Crippen molar-refractivity contribution in [3.05, 3.63) is 73.0 Å². The van der Waals surface area contributed by atoms with E-state index in [9.17, 15) is 4.79 Å². The van der Waals surface area contributed by atoms with E-state index in [2.05, 4.69) is 59.2 Å². The van der Waals surface area contributed by atoms with Crippen molar-refractivity contribution in [2.75, 3.05) is 0 Å². The number of allylic oxidation sites excluding steroid dienone is 2. The summed E-state index contributed by atoms with van der Waals surface area (Å²) in [5.41, 5.74) is 1.25. The maximum absolute atomic E-state index is 11.8. The summed E-state index contributed by atoms with van der Waals surface area (Å²) in [6.07, 6.45) is 7.24. The molecule has 0 N–H and O–H groups in total. The van der Waals surface area contributed by atoms with E-state index in [1.54, 1.807) is 6.08 Å². The van der Waals surface area contributed by atoms with Gasteiger partial charge >= 0.3 is 5.97 Å². The third-order valence-corrected chi connectivity index (χ3v) is 9.92. The highest BCUT2D eigenvalue weighted by molar-refractivity contribution is 6.74. The van der Waals surface area contributed by atoms with Gasteiger partial charge in [-0.25, -0.2) is 0 Å². The quantitative estimate of drug-likeness (QED) is 0.0824. The second kappa shape index (κ2) is 12.7. The maximum atomic E-state index is 11.8. The summed E-state index contributed by atoms with van der Waals surface area (Å²) in [5, 5.41) is 0.0477. The fourth-order valence-corrected chi connectivity index (χ4v) is 3.95. The second-order valence-electron chi connectivity index (χ2n) is 9.28. The Labute approximate surface area is 190 Å². The first kappa shape index (κ1) is 26.9. The van der Waals surface area contributed by atoms with E-state index in [-0.39, 0.29) is 17.1 Å². The molecule has 5 heteroatoms. The average Bonchev–Trinajstić information content (AvgIpc) is 2.65. The van der Waals surface area contributed by atoms with Crippen molar-refractivity contribution in [1.82, 2.24) is 0 Å². The number of aryl methyl sites for hydroxylation is 1. The average molecular weight is 445 g/mol. The van der Waals surface area contributed by atoms with E-state index in [0.717, 1.165) is 18.6 Å². The topological polar surface area (TPSA) is 44.8 Å². The standard InChI is InChI=1S/C26H40O4Si/c1-9-14-23(19-18-22-16-12-11-13-17-22)29-25(28-21(3)27)20-24(15-10-2)30-31(7,8)26(4,5)6/h9-13,15-17,23,25H,1-2,14,18-20H2,3-8H3/b24-15-. The van der Waals surface area contributed by atoms with Crippen LogP contribution in [0.25, 0.3) is 0 Å². The van der Waals surface area contributed by atoms with E-state index in [1.807, 2.05) is 30.4 Å². The van der Waals surface area contributed by atoms with Crippen LogP contribution in [0.1, 0.15) is 52.5 Å². The maximum Gasteiger partial charge on any atom is 0.304 e. The Hall–Kier alpha value is -2.11. The molecule has 172 valence electrons. The molecule has 31 heavy (non-hydrogen) atoms. The summed E-state index contributed by atoms with van der Waals surface area (Å²) >= 11 is 0. The van der Waals surface area contributed by atoms with Gasteiger partial charge in [0.2, 0.25) is 14.6 Å². The van der Waals surface area contributed by atoms with Gasteiger partial charge in [0, 0.05) is 6.92 Å². The Kier molecular flexibility index (Phi) is 11.0. The minimum atomic E-state index is -2.05. The Morgan fingerprint density at radius 1 is 1.16 bits per heavy atom. The molecule has 1 aromatic carbocycles. The highest BCUT2D eigenvalue weighted by Gasteiger charge is 2.39. The summed E-state index contributed by atoms with van der Waals surface area (Å²) in [5.74, 6) is 0.351. The van der Waals surface area contributed by atoms with Crippen LogP contribution in [0.15, 0.2) is 67.5 Å². The van der Waals surface area contributed by atoms with Gasteiger partial charge in [-0.15, -0.1) is 6.58 Å². The predicted molar refractivity (Wildman–Crippen MR) is 131 cm³/mol. The molecule has 0 amide bonds. The van der Waals surface area contributed by atoms with Gasteiger partial charge < -0.3 is 13.9 Å². The van der Waals surface area contributed by atoms with E-state index in [0.29, 0.717) is 12.8 Å². The van der Waals surface area contributed by atoms with Gasteiger partial charge in [-0.05, 0) is 49.0 Å². The van der Waals surface area contributed by atoms with Crippen LogP contribution < -0.4 is 0 Å². The summed E-state index contributed by atoms with van der Waals surface area (Å²) in [7, 11) is -2.05. The fraction of sp³-hybridized carbons (Fsp3) is 0.500. The lowest BCUT2D eigenvalue weighted by Crippen LogP contribution is -2.41. The molecular weight excluding hydrogens is 404 g/mol. The van der Waals surface area contributed by atoms with Crippen LogP contribution in [0.5, 0.6) is 0 Å². The number of hydrogen-bond donors (Lipinski definition) is 0. The molecule has 0 bridgehead atoms. The third kappa shape index (κ3) is 10.2. The van der Waals surface area contributed by atoms with Crippen molar-refractivity contribution in [3.63, 3.8) is 0 Å². The van der Waals surface area contributed by atoms with Gasteiger partial charge in [-0.3, -0.25) is 4.79 Å². The first-order chi connectivity index (χ1) is 14.5. The van der Waals surface area contributed by atoms with Crippen molar-refractivity contribution >= 4 is 14.3 Å². The number of esters is 1. The van der Waals surface area contributed by atoms with Crippen LogP contribution >= 0.6 is 0 Å². The van der Waals surface area contributed by atoms with E-state index in [1.165, 1.54) is 12.5 Å². The van der Waals surface area contributed by atoms with E-state index in [4.69, 9.17) is 13.9 Å². The Balaban J connectivity index is 2.94. The molecule has 0 aliphatic rings. The molecule has 4 nitrogen and oxygen atoms in total. The summed E-state index contributed by atoms with van der Waals surface area (Å²) in [6, 6.07) is 10.3. The minimum Gasteiger partial charge on any atom is -0.546 e. The molecule has 1 aromatic rings.